The Hall–Kier alpha value is -2.37. The monoisotopic (exact) mass is 349 g/mol. The second-order valence-corrected chi connectivity index (χ2v) is 6.70. The summed E-state index contributed by atoms with van der Waals surface area (Å²) < 4.78 is 0. The van der Waals surface area contributed by atoms with Gasteiger partial charge in [-0.1, -0.05) is 25.1 Å². The predicted molar refractivity (Wildman–Crippen MR) is 106 cm³/mol. The number of dihydropyridines is 1. The maximum atomic E-state index is 4.60. The first-order chi connectivity index (χ1) is 12.8. The Bertz CT molecular complexity index is 670. The fourth-order valence-corrected chi connectivity index (χ4v) is 2.87. The summed E-state index contributed by atoms with van der Waals surface area (Å²) in [6, 6.07) is 12.1. The Balaban J connectivity index is 1.51. The van der Waals surface area contributed by atoms with Gasteiger partial charge in [0.2, 0.25) is 0 Å². The number of aliphatic imine (C=N–C) groups is 1. The molecule has 1 atom stereocenters. The van der Waals surface area contributed by atoms with Crippen LogP contribution in [0.15, 0.2) is 65.9 Å². The molecule has 0 aromatic carbocycles. The molecule has 5 heteroatoms. The molecule has 1 aliphatic heterocycles. The molecule has 0 spiro atoms. The first kappa shape index (κ1) is 18.4. The van der Waals surface area contributed by atoms with E-state index in [2.05, 4.69) is 56.4 Å². The lowest BCUT2D eigenvalue weighted by Crippen LogP contribution is -2.34. The molecule has 0 fully saturated rings. The summed E-state index contributed by atoms with van der Waals surface area (Å²) >= 11 is 0. The van der Waals surface area contributed by atoms with Crippen LogP contribution in [0.5, 0.6) is 0 Å². The highest BCUT2D eigenvalue weighted by molar-refractivity contribution is 5.97. The van der Waals surface area contributed by atoms with Crippen molar-refractivity contribution in [2.75, 3.05) is 26.2 Å². The smallest absolute Gasteiger partial charge is 0.0544 e. The van der Waals surface area contributed by atoms with Gasteiger partial charge in [0.1, 0.15) is 0 Å². The molecule has 0 saturated heterocycles. The molecule has 1 unspecified atom stereocenters. The van der Waals surface area contributed by atoms with Crippen LogP contribution in [0.3, 0.4) is 0 Å². The van der Waals surface area contributed by atoms with E-state index in [1.165, 1.54) is 0 Å². The van der Waals surface area contributed by atoms with E-state index in [1.54, 1.807) is 0 Å². The van der Waals surface area contributed by atoms with Gasteiger partial charge in [-0.05, 0) is 36.3 Å². The lowest BCUT2D eigenvalue weighted by Gasteiger charge is -2.22. The third-order valence-corrected chi connectivity index (χ3v) is 4.33. The zero-order valence-electron chi connectivity index (χ0n) is 15.4. The third kappa shape index (κ3) is 6.17. The Labute approximate surface area is 155 Å². The molecule has 26 heavy (non-hydrogen) atoms. The quantitative estimate of drug-likeness (QED) is 0.707. The summed E-state index contributed by atoms with van der Waals surface area (Å²) in [6.45, 7) is 7.39. The van der Waals surface area contributed by atoms with Gasteiger partial charge in [0.25, 0.3) is 0 Å². The normalized spacial score (nSPS) is 16.7. The maximum Gasteiger partial charge on any atom is 0.0544 e. The highest BCUT2D eigenvalue weighted by atomic mass is 15.1. The molecule has 1 aliphatic rings. The van der Waals surface area contributed by atoms with Gasteiger partial charge < -0.3 is 5.32 Å². The minimum absolute atomic E-state index is 0.561. The lowest BCUT2D eigenvalue weighted by atomic mass is 10.1. The molecule has 1 N–H and O–H groups in total. The van der Waals surface area contributed by atoms with Crippen molar-refractivity contribution in [3.63, 3.8) is 0 Å². The zero-order chi connectivity index (χ0) is 18.0. The summed E-state index contributed by atoms with van der Waals surface area (Å²) in [5.41, 5.74) is 3.30. The van der Waals surface area contributed by atoms with Crippen LogP contribution in [-0.4, -0.2) is 46.8 Å². The van der Waals surface area contributed by atoms with Crippen molar-refractivity contribution in [1.82, 2.24) is 20.2 Å². The molecule has 0 amide bonds. The van der Waals surface area contributed by atoms with Crippen LogP contribution in [0.25, 0.3) is 0 Å². The number of hydrogen-bond acceptors (Lipinski definition) is 5. The van der Waals surface area contributed by atoms with Crippen LogP contribution in [-0.2, 0) is 13.1 Å². The topological polar surface area (TPSA) is 53.4 Å². The van der Waals surface area contributed by atoms with Crippen molar-refractivity contribution < 1.29 is 0 Å². The van der Waals surface area contributed by atoms with E-state index in [-0.39, 0.29) is 0 Å². The number of nitrogens with zero attached hydrogens (tertiary/aromatic N) is 4. The number of pyridine rings is 2. The number of nitrogens with one attached hydrogen (secondary N) is 1. The van der Waals surface area contributed by atoms with Gasteiger partial charge in [0, 0.05) is 57.4 Å². The molecular formula is C21H27N5. The van der Waals surface area contributed by atoms with Crippen molar-refractivity contribution in [3.8, 4) is 0 Å². The first-order valence-electron chi connectivity index (χ1n) is 9.24. The predicted octanol–water partition coefficient (Wildman–Crippen LogP) is 2.72. The minimum Gasteiger partial charge on any atom is -0.310 e. The SMILES string of the molecule is CC1C=CC(CNCCN(Cc2ccccn2)Cc2ccccn2)=NC1. The molecule has 3 rings (SSSR count). The Morgan fingerprint density at radius 3 is 2.27 bits per heavy atom. The number of hydrogen-bond donors (Lipinski definition) is 1. The minimum atomic E-state index is 0.561. The van der Waals surface area contributed by atoms with Gasteiger partial charge in [0.15, 0.2) is 0 Å². The van der Waals surface area contributed by atoms with Crippen molar-refractivity contribution in [1.29, 1.82) is 0 Å². The fourth-order valence-electron chi connectivity index (χ4n) is 2.87. The van der Waals surface area contributed by atoms with E-state index in [1.807, 2.05) is 36.7 Å². The highest BCUT2D eigenvalue weighted by Crippen LogP contribution is 2.07. The van der Waals surface area contributed by atoms with Crippen molar-refractivity contribution >= 4 is 5.71 Å². The molecule has 2 aromatic rings. The molecule has 5 nitrogen and oxygen atoms in total. The van der Waals surface area contributed by atoms with Crippen molar-refractivity contribution in [2.45, 2.75) is 20.0 Å². The van der Waals surface area contributed by atoms with Crippen LogP contribution in [0, 0.1) is 5.92 Å². The van der Waals surface area contributed by atoms with Crippen LogP contribution in [0.4, 0.5) is 0 Å². The van der Waals surface area contributed by atoms with E-state index in [4.69, 9.17) is 0 Å². The van der Waals surface area contributed by atoms with E-state index >= 15 is 0 Å². The van der Waals surface area contributed by atoms with E-state index in [0.29, 0.717) is 5.92 Å². The average molecular weight is 349 g/mol. The Morgan fingerprint density at radius 1 is 1.04 bits per heavy atom. The van der Waals surface area contributed by atoms with Gasteiger partial charge >= 0.3 is 0 Å². The van der Waals surface area contributed by atoms with Gasteiger partial charge in [-0.2, -0.15) is 0 Å². The van der Waals surface area contributed by atoms with Gasteiger partial charge in [-0.15, -0.1) is 0 Å². The average Bonchev–Trinajstić information content (AvgIpc) is 2.68. The second-order valence-electron chi connectivity index (χ2n) is 6.70. The second kappa shape index (κ2) is 9.94. The van der Waals surface area contributed by atoms with Gasteiger partial charge in [-0.25, -0.2) is 0 Å². The van der Waals surface area contributed by atoms with Gasteiger partial charge in [-0.3, -0.25) is 19.9 Å². The number of rotatable bonds is 9. The largest absolute Gasteiger partial charge is 0.310 e. The maximum absolute atomic E-state index is 4.60. The van der Waals surface area contributed by atoms with Crippen LogP contribution in [0.2, 0.25) is 0 Å². The molecular weight excluding hydrogens is 322 g/mol. The Morgan fingerprint density at radius 2 is 1.73 bits per heavy atom. The fraction of sp³-hybridized carbons (Fsp3) is 0.381. The first-order valence-corrected chi connectivity index (χ1v) is 9.24. The summed E-state index contributed by atoms with van der Waals surface area (Å²) in [6.07, 6.45) is 8.07. The van der Waals surface area contributed by atoms with Crippen molar-refractivity contribution in [2.24, 2.45) is 10.9 Å². The summed E-state index contributed by atoms with van der Waals surface area (Å²) in [4.78, 5) is 15.9. The molecule has 2 aromatic heterocycles. The van der Waals surface area contributed by atoms with Crippen LogP contribution < -0.4 is 5.32 Å². The molecule has 0 radical (unpaired) electrons. The Kier molecular flexibility index (Phi) is 7.05. The number of aromatic nitrogens is 2. The van der Waals surface area contributed by atoms with Gasteiger partial charge in [0.05, 0.1) is 11.4 Å². The standard InChI is InChI=1S/C21H27N5/c1-18-8-9-19(25-14-18)15-22-12-13-26(16-20-6-2-4-10-23-20)17-21-7-3-5-11-24-21/h2-11,18,22H,12-17H2,1H3. The summed E-state index contributed by atoms with van der Waals surface area (Å²) in [7, 11) is 0. The van der Waals surface area contributed by atoms with Crippen LogP contribution in [0.1, 0.15) is 18.3 Å². The third-order valence-electron chi connectivity index (χ3n) is 4.33. The van der Waals surface area contributed by atoms with Crippen LogP contribution >= 0.6 is 0 Å². The van der Waals surface area contributed by atoms with Crippen molar-refractivity contribution in [3.05, 3.63) is 72.3 Å². The molecule has 0 saturated carbocycles. The molecule has 0 aliphatic carbocycles. The molecule has 0 bridgehead atoms. The summed E-state index contributed by atoms with van der Waals surface area (Å²) in [5.74, 6) is 0.561. The molecule has 136 valence electrons. The summed E-state index contributed by atoms with van der Waals surface area (Å²) in [5, 5.41) is 3.51. The molecule has 3 heterocycles. The lowest BCUT2D eigenvalue weighted by molar-refractivity contribution is 0.252. The van der Waals surface area contributed by atoms with E-state index in [9.17, 15) is 0 Å². The van der Waals surface area contributed by atoms with E-state index < -0.39 is 0 Å². The highest BCUT2D eigenvalue weighted by Gasteiger charge is 2.09. The zero-order valence-corrected chi connectivity index (χ0v) is 15.4. The van der Waals surface area contributed by atoms with E-state index in [0.717, 1.165) is 56.4 Å².